The van der Waals surface area contributed by atoms with Crippen LogP contribution in [0.3, 0.4) is 0 Å². The second-order valence-electron chi connectivity index (χ2n) is 5.37. The largest absolute Gasteiger partial charge is 0.390 e. The van der Waals surface area contributed by atoms with E-state index in [0.29, 0.717) is 12.1 Å². The van der Waals surface area contributed by atoms with Gasteiger partial charge in [-0.2, -0.15) is 13.2 Å². The summed E-state index contributed by atoms with van der Waals surface area (Å²) in [5.41, 5.74) is 0. The summed E-state index contributed by atoms with van der Waals surface area (Å²) in [6.45, 7) is 7.40. The van der Waals surface area contributed by atoms with Gasteiger partial charge in [-0.3, -0.25) is 4.90 Å². The molecule has 0 amide bonds. The molecule has 1 heterocycles. The van der Waals surface area contributed by atoms with Gasteiger partial charge in [-0.1, -0.05) is 0 Å². The van der Waals surface area contributed by atoms with Crippen molar-refractivity contribution in [2.24, 2.45) is 0 Å². The van der Waals surface area contributed by atoms with Crippen molar-refractivity contribution in [2.75, 3.05) is 20.1 Å². The van der Waals surface area contributed by atoms with Gasteiger partial charge in [0.25, 0.3) is 0 Å². The van der Waals surface area contributed by atoms with Crippen molar-refractivity contribution >= 4 is 0 Å². The highest BCUT2D eigenvalue weighted by Gasteiger charge is 2.34. The lowest BCUT2D eigenvalue weighted by atomic mass is 10.1. The van der Waals surface area contributed by atoms with Crippen molar-refractivity contribution in [1.29, 1.82) is 0 Å². The van der Waals surface area contributed by atoms with Gasteiger partial charge < -0.3 is 4.90 Å². The zero-order valence-corrected chi connectivity index (χ0v) is 11.1. The van der Waals surface area contributed by atoms with Gasteiger partial charge in [-0.15, -0.1) is 0 Å². The summed E-state index contributed by atoms with van der Waals surface area (Å²) in [5, 5.41) is 0. The monoisotopic (exact) mass is 252 g/mol. The highest BCUT2D eigenvalue weighted by Crippen LogP contribution is 2.25. The smallest absolute Gasteiger partial charge is 0.302 e. The lowest BCUT2D eigenvalue weighted by molar-refractivity contribution is -0.138. The highest BCUT2D eigenvalue weighted by molar-refractivity contribution is 4.89. The number of alkyl halides is 3. The summed E-state index contributed by atoms with van der Waals surface area (Å²) in [4.78, 5) is 4.21. The molecule has 1 fully saturated rings. The first kappa shape index (κ1) is 14.8. The van der Waals surface area contributed by atoms with Gasteiger partial charge in [-0.05, 0) is 34.2 Å². The predicted molar refractivity (Wildman–Crippen MR) is 63.0 cm³/mol. The van der Waals surface area contributed by atoms with E-state index in [0.717, 1.165) is 13.0 Å². The van der Waals surface area contributed by atoms with E-state index in [2.05, 4.69) is 25.7 Å². The minimum absolute atomic E-state index is 0.104. The van der Waals surface area contributed by atoms with E-state index < -0.39 is 12.6 Å². The third-order valence-electron chi connectivity index (χ3n) is 3.64. The lowest BCUT2D eigenvalue weighted by Crippen LogP contribution is -2.38. The summed E-state index contributed by atoms with van der Waals surface area (Å²) in [7, 11) is 1.80. The summed E-state index contributed by atoms with van der Waals surface area (Å²) >= 11 is 0. The van der Waals surface area contributed by atoms with E-state index in [1.807, 2.05) is 4.90 Å². The van der Waals surface area contributed by atoms with E-state index in [-0.39, 0.29) is 12.6 Å². The minimum Gasteiger partial charge on any atom is -0.302 e. The van der Waals surface area contributed by atoms with Crippen LogP contribution in [0.2, 0.25) is 0 Å². The molecule has 1 aliphatic heterocycles. The molecule has 0 aromatic carbocycles. The fourth-order valence-corrected chi connectivity index (χ4v) is 2.55. The molecular weight excluding hydrogens is 229 g/mol. The zero-order chi connectivity index (χ0) is 13.2. The van der Waals surface area contributed by atoms with Crippen molar-refractivity contribution in [3.63, 3.8) is 0 Å². The Morgan fingerprint density at radius 3 is 2.35 bits per heavy atom. The lowest BCUT2D eigenvalue weighted by Gasteiger charge is -2.27. The molecule has 0 aliphatic carbocycles. The highest BCUT2D eigenvalue weighted by atomic mass is 19.4. The molecule has 0 saturated carbocycles. The van der Waals surface area contributed by atoms with Gasteiger partial charge in [0.15, 0.2) is 0 Å². The molecular formula is C12H23F3N2. The molecule has 0 bridgehead atoms. The maximum Gasteiger partial charge on any atom is 0.390 e. The average Bonchev–Trinajstić information content (AvgIpc) is 2.55. The number of likely N-dealkylation sites (tertiary alicyclic amines) is 1. The number of hydrogen-bond donors (Lipinski definition) is 0. The molecule has 0 aromatic rings. The fraction of sp³-hybridized carbons (Fsp3) is 1.00. The quantitative estimate of drug-likeness (QED) is 0.759. The van der Waals surface area contributed by atoms with Crippen LogP contribution >= 0.6 is 0 Å². The van der Waals surface area contributed by atoms with Crippen LogP contribution in [-0.2, 0) is 0 Å². The number of nitrogens with zero attached hydrogens (tertiary/aromatic N) is 2. The minimum atomic E-state index is -4.05. The first-order valence-corrected chi connectivity index (χ1v) is 6.23. The predicted octanol–water partition coefficient (Wildman–Crippen LogP) is 2.74. The third kappa shape index (κ3) is 4.47. The van der Waals surface area contributed by atoms with Crippen LogP contribution in [0.5, 0.6) is 0 Å². The molecule has 1 aliphatic rings. The Kier molecular flexibility index (Phi) is 4.84. The van der Waals surface area contributed by atoms with Crippen molar-refractivity contribution in [3.8, 4) is 0 Å². The molecule has 17 heavy (non-hydrogen) atoms. The SMILES string of the molecule is CC(C)N1CC(N(C)CCC(F)(F)F)C[C@@H]1C. The average molecular weight is 252 g/mol. The first-order chi connectivity index (χ1) is 7.70. The van der Waals surface area contributed by atoms with E-state index in [4.69, 9.17) is 0 Å². The molecule has 0 N–H and O–H groups in total. The molecule has 1 rings (SSSR count). The van der Waals surface area contributed by atoms with Crippen LogP contribution in [0.15, 0.2) is 0 Å². The van der Waals surface area contributed by atoms with Crippen LogP contribution in [0.1, 0.15) is 33.6 Å². The zero-order valence-electron chi connectivity index (χ0n) is 11.1. The maximum atomic E-state index is 12.1. The second-order valence-corrected chi connectivity index (χ2v) is 5.37. The van der Waals surface area contributed by atoms with Gasteiger partial charge in [0.2, 0.25) is 0 Å². The Bertz CT molecular complexity index is 240. The van der Waals surface area contributed by atoms with E-state index in [1.165, 1.54) is 0 Å². The van der Waals surface area contributed by atoms with Crippen LogP contribution < -0.4 is 0 Å². The van der Waals surface area contributed by atoms with Crippen molar-refractivity contribution in [3.05, 3.63) is 0 Å². The maximum absolute atomic E-state index is 12.1. The Labute approximate surface area is 102 Å². The van der Waals surface area contributed by atoms with E-state index >= 15 is 0 Å². The Hall–Kier alpha value is -0.290. The molecule has 2 nitrogen and oxygen atoms in total. The summed E-state index contributed by atoms with van der Waals surface area (Å²) in [6, 6.07) is 1.19. The van der Waals surface area contributed by atoms with Crippen molar-refractivity contribution in [1.82, 2.24) is 9.80 Å². The number of likely N-dealkylation sites (N-methyl/N-ethyl adjacent to an activating group) is 1. The molecule has 0 aromatic heterocycles. The number of halogens is 3. The third-order valence-corrected chi connectivity index (χ3v) is 3.64. The molecule has 1 saturated heterocycles. The fourth-order valence-electron chi connectivity index (χ4n) is 2.55. The molecule has 2 atom stereocenters. The molecule has 102 valence electrons. The van der Waals surface area contributed by atoms with Crippen LogP contribution in [0, 0.1) is 0 Å². The Morgan fingerprint density at radius 2 is 1.94 bits per heavy atom. The van der Waals surface area contributed by atoms with Crippen LogP contribution in [-0.4, -0.2) is 54.2 Å². The Morgan fingerprint density at radius 1 is 1.35 bits per heavy atom. The Balaban J connectivity index is 2.42. The molecule has 1 unspecified atom stereocenters. The summed E-state index contributed by atoms with van der Waals surface area (Å²) in [6.07, 6.45) is -3.79. The van der Waals surface area contributed by atoms with Crippen molar-refractivity contribution in [2.45, 2.75) is 57.9 Å². The normalized spacial score (nSPS) is 27.4. The van der Waals surface area contributed by atoms with Crippen LogP contribution in [0.4, 0.5) is 13.2 Å². The van der Waals surface area contributed by atoms with Gasteiger partial charge in [0, 0.05) is 31.2 Å². The van der Waals surface area contributed by atoms with E-state index in [9.17, 15) is 13.2 Å². The molecule has 0 spiro atoms. The second kappa shape index (κ2) is 5.57. The standard InChI is InChI=1S/C12H23F3N2/c1-9(2)17-8-11(7-10(17)3)16(4)6-5-12(13,14)15/h9-11H,5-8H2,1-4H3/t10-,11?/m0/s1. The van der Waals surface area contributed by atoms with E-state index in [1.54, 1.807) is 7.05 Å². The molecule has 5 heteroatoms. The van der Waals surface area contributed by atoms with Crippen molar-refractivity contribution < 1.29 is 13.2 Å². The van der Waals surface area contributed by atoms with Gasteiger partial charge in [-0.25, -0.2) is 0 Å². The molecule has 0 radical (unpaired) electrons. The summed E-state index contributed by atoms with van der Waals surface area (Å²) in [5.74, 6) is 0. The van der Waals surface area contributed by atoms with Gasteiger partial charge in [0.1, 0.15) is 0 Å². The van der Waals surface area contributed by atoms with Gasteiger partial charge in [0.05, 0.1) is 6.42 Å². The van der Waals surface area contributed by atoms with Crippen LogP contribution in [0.25, 0.3) is 0 Å². The first-order valence-electron chi connectivity index (χ1n) is 6.23. The number of hydrogen-bond acceptors (Lipinski definition) is 2. The number of rotatable bonds is 4. The summed E-state index contributed by atoms with van der Waals surface area (Å²) < 4.78 is 36.4. The van der Waals surface area contributed by atoms with Gasteiger partial charge >= 0.3 is 6.18 Å². The topological polar surface area (TPSA) is 6.48 Å².